The maximum atomic E-state index is 9.12. The molecule has 3 heteroatoms. The van der Waals surface area contributed by atoms with Crippen LogP contribution in [0.1, 0.15) is 6.92 Å². The van der Waals surface area contributed by atoms with E-state index >= 15 is 0 Å². The molecule has 2 nitrogen and oxygen atoms in total. The molecule has 0 radical (unpaired) electrons. The summed E-state index contributed by atoms with van der Waals surface area (Å²) in [5.41, 5.74) is 2.34. The van der Waals surface area contributed by atoms with Crippen LogP contribution in [0.3, 0.4) is 0 Å². The highest BCUT2D eigenvalue weighted by Crippen LogP contribution is 2.30. The standard InChI is InChI=1S/C13H14O2S/c1-10(14)8-15-13-7-12(9-16-13)11-5-3-2-4-6-11/h2-7,9-10,14H,8H2,1H3. The average molecular weight is 234 g/mol. The number of hydrogen-bond acceptors (Lipinski definition) is 3. The number of benzene rings is 1. The van der Waals surface area contributed by atoms with E-state index in [9.17, 15) is 0 Å². The van der Waals surface area contributed by atoms with E-state index in [4.69, 9.17) is 9.84 Å². The molecule has 1 unspecified atom stereocenters. The third-order valence-corrected chi connectivity index (χ3v) is 2.99. The lowest BCUT2D eigenvalue weighted by Crippen LogP contribution is -2.11. The molecule has 16 heavy (non-hydrogen) atoms. The quantitative estimate of drug-likeness (QED) is 0.880. The fourth-order valence-electron chi connectivity index (χ4n) is 1.38. The zero-order valence-electron chi connectivity index (χ0n) is 9.09. The van der Waals surface area contributed by atoms with Crippen molar-refractivity contribution < 1.29 is 9.84 Å². The Morgan fingerprint density at radius 2 is 2.00 bits per heavy atom. The number of ether oxygens (including phenoxy) is 1. The molecule has 0 amide bonds. The van der Waals surface area contributed by atoms with Gasteiger partial charge in [-0.1, -0.05) is 30.3 Å². The molecule has 1 aromatic carbocycles. The summed E-state index contributed by atoms with van der Waals surface area (Å²) < 4.78 is 5.44. The van der Waals surface area contributed by atoms with E-state index in [0.717, 1.165) is 10.6 Å². The van der Waals surface area contributed by atoms with Crippen molar-refractivity contribution in [1.29, 1.82) is 0 Å². The predicted octanol–water partition coefficient (Wildman–Crippen LogP) is 3.17. The van der Waals surface area contributed by atoms with Crippen molar-refractivity contribution in [2.75, 3.05) is 6.61 Å². The van der Waals surface area contributed by atoms with Gasteiger partial charge in [-0.3, -0.25) is 0 Å². The molecule has 0 saturated heterocycles. The molecule has 0 spiro atoms. The molecule has 2 rings (SSSR count). The van der Waals surface area contributed by atoms with E-state index in [1.165, 1.54) is 5.56 Å². The number of rotatable bonds is 4. The van der Waals surface area contributed by atoms with Gasteiger partial charge in [0.2, 0.25) is 0 Å². The minimum absolute atomic E-state index is 0.342. The van der Waals surface area contributed by atoms with Crippen LogP contribution in [0.2, 0.25) is 0 Å². The summed E-state index contributed by atoms with van der Waals surface area (Å²) in [5, 5.41) is 12.0. The highest BCUT2D eigenvalue weighted by molar-refractivity contribution is 7.12. The summed E-state index contributed by atoms with van der Waals surface area (Å²) in [6.07, 6.45) is -0.428. The smallest absolute Gasteiger partial charge is 0.174 e. The second-order valence-corrected chi connectivity index (χ2v) is 4.55. The van der Waals surface area contributed by atoms with Gasteiger partial charge >= 0.3 is 0 Å². The molecule has 1 aromatic heterocycles. The minimum Gasteiger partial charge on any atom is -0.481 e. The number of aliphatic hydroxyl groups excluding tert-OH is 1. The lowest BCUT2D eigenvalue weighted by Gasteiger charge is -2.04. The second-order valence-electron chi connectivity index (χ2n) is 3.68. The van der Waals surface area contributed by atoms with Gasteiger partial charge in [-0.25, -0.2) is 0 Å². The summed E-state index contributed by atoms with van der Waals surface area (Å²) in [5.74, 6) is 0. The maximum Gasteiger partial charge on any atom is 0.174 e. The van der Waals surface area contributed by atoms with Crippen LogP contribution in [-0.4, -0.2) is 17.8 Å². The minimum atomic E-state index is -0.428. The lowest BCUT2D eigenvalue weighted by atomic mass is 10.1. The van der Waals surface area contributed by atoms with E-state index in [-0.39, 0.29) is 0 Å². The van der Waals surface area contributed by atoms with Gasteiger partial charge in [-0.2, -0.15) is 0 Å². The van der Waals surface area contributed by atoms with Crippen LogP contribution in [-0.2, 0) is 0 Å². The largest absolute Gasteiger partial charge is 0.481 e. The van der Waals surface area contributed by atoms with Crippen LogP contribution in [0.4, 0.5) is 0 Å². The molecule has 84 valence electrons. The molecule has 2 aromatic rings. The fourth-order valence-corrected chi connectivity index (χ4v) is 2.16. The number of hydrogen-bond donors (Lipinski definition) is 1. The first-order valence-corrected chi connectivity index (χ1v) is 6.08. The highest BCUT2D eigenvalue weighted by atomic mass is 32.1. The third-order valence-electron chi connectivity index (χ3n) is 2.15. The Morgan fingerprint density at radius 3 is 2.69 bits per heavy atom. The SMILES string of the molecule is CC(O)COc1cc(-c2ccccc2)cs1. The van der Waals surface area contributed by atoms with Crippen LogP contribution in [0, 0.1) is 0 Å². The summed E-state index contributed by atoms with van der Waals surface area (Å²) in [7, 11) is 0. The topological polar surface area (TPSA) is 29.5 Å². The summed E-state index contributed by atoms with van der Waals surface area (Å²) in [6.45, 7) is 2.06. The highest BCUT2D eigenvalue weighted by Gasteiger charge is 2.04. The van der Waals surface area contributed by atoms with Crippen molar-refractivity contribution in [3.05, 3.63) is 41.8 Å². The van der Waals surface area contributed by atoms with Gasteiger partial charge in [0.1, 0.15) is 6.61 Å². The lowest BCUT2D eigenvalue weighted by molar-refractivity contribution is 0.125. The maximum absolute atomic E-state index is 9.12. The molecular formula is C13H14O2S. The summed E-state index contributed by atoms with van der Waals surface area (Å²) in [4.78, 5) is 0. The second kappa shape index (κ2) is 5.14. The molecule has 1 atom stereocenters. The molecule has 1 heterocycles. The Bertz CT molecular complexity index is 434. The van der Waals surface area contributed by atoms with E-state index in [1.54, 1.807) is 18.3 Å². The fraction of sp³-hybridized carbons (Fsp3) is 0.231. The third kappa shape index (κ3) is 2.84. The van der Waals surface area contributed by atoms with Crippen molar-refractivity contribution >= 4 is 11.3 Å². The Hall–Kier alpha value is -1.32. The monoisotopic (exact) mass is 234 g/mol. The first-order chi connectivity index (χ1) is 7.75. The molecule has 0 aliphatic heterocycles. The van der Waals surface area contributed by atoms with Gasteiger partial charge < -0.3 is 9.84 Å². The van der Waals surface area contributed by atoms with Crippen LogP contribution in [0.25, 0.3) is 11.1 Å². The van der Waals surface area contributed by atoms with Gasteiger partial charge in [0.05, 0.1) is 6.10 Å². The first kappa shape index (κ1) is 11.2. The van der Waals surface area contributed by atoms with Crippen LogP contribution in [0.5, 0.6) is 5.06 Å². The Morgan fingerprint density at radius 1 is 1.25 bits per heavy atom. The number of thiophene rings is 1. The zero-order chi connectivity index (χ0) is 11.4. The van der Waals surface area contributed by atoms with Crippen LogP contribution < -0.4 is 4.74 Å². The van der Waals surface area contributed by atoms with Gasteiger partial charge in [0, 0.05) is 5.38 Å². The van der Waals surface area contributed by atoms with Gasteiger partial charge in [0.15, 0.2) is 5.06 Å². The Kier molecular flexibility index (Phi) is 3.59. The summed E-state index contributed by atoms with van der Waals surface area (Å²) >= 11 is 1.55. The Balaban J connectivity index is 2.08. The van der Waals surface area contributed by atoms with Crippen molar-refractivity contribution in [2.45, 2.75) is 13.0 Å². The molecule has 0 bridgehead atoms. The van der Waals surface area contributed by atoms with Gasteiger partial charge in [-0.15, -0.1) is 11.3 Å². The van der Waals surface area contributed by atoms with E-state index in [1.807, 2.05) is 24.3 Å². The van der Waals surface area contributed by atoms with Crippen molar-refractivity contribution in [2.24, 2.45) is 0 Å². The molecule has 1 N–H and O–H groups in total. The molecule has 0 aliphatic rings. The summed E-state index contributed by atoms with van der Waals surface area (Å²) in [6, 6.07) is 12.2. The van der Waals surface area contributed by atoms with Crippen molar-refractivity contribution in [1.82, 2.24) is 0 Å². The zero-order valence-corrected chi connectivity index (χ0v) is 9.91. The van der Waals surface area contributed by atoms with E-state index < -0.39 is 6.10 Å². The predicted molar refractivity (Wildman–Crippen MR) is 66.9 cm³/mol. The van der Waals surface area contributed by atoms with Gasteiger partial charge in [0.25, 0.3) is 0 Å². The van der Waals surface area contributed by atoms with Crippen molar-refractivity contribution in [3.63, 3.8) is 0 Å². The van der Waals surface area contributed by atoms with E-state index in [0.29, 0.717) is 6.61 Å². The average Bonchev–Trinajstić information content (AvgIpc) is 2.76. The van der Waals surface area contributed by atoms with E-state index in [2.05, 4.69) is 17.5 Å². The van der Waals surface area contributed by atoms with Crippen LogP contribution in [0.15, 0.2) is 41.8 Å². The Labute approximate surface area is 99.1 Å². The molecule has 0 fully saturated rings. The molecular weight excluding hydrogens is 220 g/mol. The number of aliphatic hydroxyl groups is 1. The molecule has 0 aliphatic carbocycles. The molecule has 0 saturated carbocycles. The van der Waals surface area contributed by atoms with Crippen LogP contribution >= 0.6 is 11.3 Å². The van der Waals surface area contributed by atoms with Gasteiger partial charge in [-0.05, 0) is 24.1 Å². The normalized spacial score (nSPS) is 12.4. The first-order valence-electron chi connectivity index (χ1n) is 5.20. The van der Waals surface area contributed by atoms with Crippen molar-refractivity contribution in [3.8, 4) is 16.2 Å².